The minimum absolute atomic E-state index is 0.365. The number of rotatable bonds is 5. The molecule has 0 aliphatic heterocycles. The summed E-state index contributed by atoms with van der Waals surface area (Å²) in [6.07, 6.45) is 3.78. The summed E-state index contributed by atoms with van der Waals surface area (Å²) < 4.78 is 0. The predicted molar refractivity (Wildman–Crippen MR) is 68.7 cm³/mol. The molecule has 1 aliphatic rings. The lowest BCUT2D eigenvalue weighted by atomic mass is 9.97. The van der Waals surface area contributed by atoms with Gasteiger partial charge in [-0.05, 0) is 55.2 Å². The van der Waals surface area contributed by atoms with Gasteiger partial charge in [-0.3, -0.25) is 0 Å². The molecule has 90 valence electrons. The van der Waals surface area contributed by atoms with Crippen LogP contribution in [0.5, 0.6) is 0 Å². The maximum atomic E-state index is 9.24. The summed E-state index contributed by atoms with van der Waals surface area (Å²) in [5.74, 6) is 1.22. The number of nitrogens with one attached hydrogen (secondary N) is 1. The van der Waals surface area contributed by atoms with Crippen molar-refractivity contribution >= 4 is 11.3 Å². The van der Waals surface area contributed by atoms with Crippen molar-refractivity contribution in [2.45, 2.75) is 32.7 Å². The van der Waals surface area contributed by atoms with E-state index in [9.17, 15) is 5.11 Å². The summed E-state index contributed by atoms with van der Waals surface area (Å²) in [7, 11) is 0. The first kappa shape index (κ1) is 12.1. The van der Waals surface area contributed by atoms with Crippen LogP contribution in [0.1, 0.15) is 29.7 Å². The van der Waals surface area contributed by atoms with Gasteiger partial charge in [0.25, 0.3) is 0 Å². The maximum absolute atomic E-state index is 9.24. The summed E-state index contributed by atoms with van der Waals surface area (Å²) in [6, 6.07) is 2.17. The zero-order chi connectivity index (χ0) is 11.4. The van der Waals surface area contributed by atoms with Crippen molar-refractivity contribution in [3.63, 3.8) is 0 Å². The molecule has 0 bridgehead atoms. The molecular formula is C13H21NOS. The van der Waals surface area contributed by atoms with Crippen molar-refractivity contribution in [1.82, 2.24) is 5.32 Å². The number of thiophene rings is 1. The zero-order valence-electron chi connectivity index (χ0n) is 9.91. The van der Waals surface area contributed by atoms with Crippen LogP contribution in [0.15, 0.2) is 11.4 Å². The quantitative estimate of drug-likeness (QED) is 0.827. The Morgan fingerprint density at radius 2 is 2.25 bits per heavy atom. The Morgan fingerprint density at radius 1 is 1.44 bits per heavy atom. The van der Waals surface area contributed by atoms with E-state index in [-0.39, 0.29) is 0 Å². The molecule has 1 fully saturated rings. The average Bonchev–Trinajstić information content (AvgIpc) is 2.88. The van der Waals surface area contributed by atoms with Crippen LogP contribution < -0.4 is 5.32 Å². The van der Waals surface area contributed by atoms with Crippen LogP contribution >= 0.6 is 11.3 Å². The van der Waals surface area contributed by atoms with Crippen LogP contribution in [0, 0.1) is 18.8 Å². The van der Waals surface area contributed by atoms with Gasteiger partial charge in [0, 0.05) is 18.0 Å². The van der Waals surface area contributed by atoms with Crippen molar-refractivity contribution in [1.29, 1.82) is 0 Å². The monoisotopic (exact) mass is 239 g/mol. The van der Waals surface area contributed by atoms with Crippen molar-refractivity contribution < 1.29 is 5.11 Å². The van der Waals surface area contributed by atoms with E-state index in [2.05, 4.69) is 23.7 Å². The van der Waals surface area contributed by atoms with Gasteiger partial charge in [0.15, 0.2) is 0 Å². The lowest BCUT2D eigenvalue weighted by molar-refractivity contribution is 0.192. The Labute approximate surface area is 102 Å². The molecule has 16 heavy (non-hydrogen) atoms. The Hall–Kier alpha value is -0.380. The van der Waals surface area contributed by atoms with Gasteiger partial charge in [0.2, 0.25) is 0 Å². The summed E-state index contributed by atoms with van der Waals surface area (Å²) >= 11 is 1.83. The number of aryl methyl sites for hydroxylation is 1. The molecule has 3 heteroatoms. The number of aliphatic hydroxyl groups excluding tert-OH is 1. The highest BCUT2D eigenvalue weighted by Gasteiger charge is 2.25. The molecule has 2 N–H and O–H groups in total. The Bertz CT molecular complexity index is 323. The van der Waals surface area contributed by atoms with E-state index in [0.29, 0.717) is 18.4 Å². The number of aliphatic hydroxyl groups is 1. The minimum atomic E-state index is 0.365. The molecule has 1 aliphatic carbocycles. The first-order valence-corrected chi connectivity index (χ1v) is 7.03. The third-order valence-electron chi connectivity index (χ3n) is 3.71. The third kappa shape index (κ3) is 2.84. The summed E-state index contributed by atoms with van der Waals surface area (Å²) in [6.45, 7) is 4.57. The number of hydrogen-bond donors (Lipinski definition) is 2. The fourth-order valence-corrected chi connectivity index (χ4v) is 3.45. The van der Waals surface area contributed by atoms with Crippen LogP contribution in [0.4, 0.5) is 0 Å². The molecule has 2 unspecified atom stereocenters. The lowest BCUT2D eigenvalue weighted by Crippen LogP contribution is -2.26. The van der Waals surface area contributed by atoms with Crippen LogP contribution in [-0.2, 0) is 6.54 Å². The van der Waals surface area contributed by atoms with Crippen molar-refractivity contribution in [3.05, 3.63) is 21.9 Å². The van der Waals surface area contributed by atoms with E-state index in [1.54, 1.807) is 0 Å². The van der Waals surface area contributed by atoms with Crippen LogP contribution in [0.2, 0.25) is 0 Å². The molecule has 1 aromatic rings. The molecule has 1 aromatic heterocycles. The Balaban J connectivity index is 1.74. The second-order valence-corrected chi connectivity index (χ2v) is 5.79. The lowest BCUT2D eigenvalue weighted by Gasteiger charge is -2.17. The molecule has 2 atom stereocenters. The summed E-state index contributed by atoms with van der Waals surface area (Å²) in [5, 5.41) is 14.9. The van der Waals surface area contributed by atoms with Crippen molar-refractivity contribution in [2.24, 2.45) is 11.8 Å². The normalized spacial score (nSPS) is 25.1. The van der Waals surface area contributed by atoms with E-state index in [1.165, 1.54) is 29.7 Å². The third-order valence-corrected chi connectivity index (χ3v) is 4.73. The van der Waals surface area contributed by atoms with Crippen molar-refractivity contribution in [3.8, 4) is 0 Å². The van der Waals surface area contributed by atoms with Gasteiger partial charge in [-0.1, -0.05) is 6.42 Å². The summed E-state index contributed by atoms with van der Waals surface area (Å²) in [5.41, 5.74) is 1.39. The first-order valence-electron chi connectivity index (χ1n) is 6.16. The highest BCUT2D eigenvalue weighted by Crippen LogP contribution is 2.30. The topological polar surface area (TPSA) is 32.3 Å². The predicted octanol–water partition coefficient (Wildman–Crippen LogP) is 2.55. The molecule has 0 aromatic carbocycles. The first-order chi connectivity index (χ1) is 7.81. The maximum Gasteiger partial charge on any atom is 0.0462 e. The minimum Gasteiger partial charge on any atom is -0.396 e. The fourth-order valence-electron chi connectivity index (χ4n) is 2.58. The highest BCUT2D eigenvalue weighted by molar-refractivity contribution is 7.10. The Kier molecular flexibility index (Phi) is 4.38. The van der Waals surface area contributed by atoms with E-state index < -0.39 is 0 Å². The molecule has 1 saturated carbocycles. The van der Waals surface area contributed by atoms with Gasteiger partial charge >= 0.3 is 0 Å². The fraction of sp³-hybridized carbons (Fsp3) is 0.692. The van der Waals surface area contributed by atoms with Gasteiger partial charge in [-0.25, -0.2) is 0 Å². The molecule has 1 heterocycles. The van der Waals surface area contributed by atoms with E-state index in [1.807, 2.05) is 11.3 Å². The largest absolute Gasteiger partial charge is 0.396 e. The molecule has 0 radical (unpaired) electrons. The van der Waals surface area contributed by atoms with E-state index >= 15 is 0 Å². The second-order valence-electron chi connectivity index (χ2n) is 4.79. The van der Waals surface area contributed by atoms with Crippen LogP contribution in [0.3, 0.4) is 0 Å². The zero-order valence-corrected chi connectivity index (χ0v) is 10.7. The van der Waals surface area contributed by atoms with Gasteiger partial charge in [-0.2, -0.15) is 0 Å². The smallest absolute Gasteiger partial charge is 0.0462 e. The molecule has 2 nitrogen and oxygen atoms in total. The number of hydrogen-bond acceptors (Lipinski definition) is 3. The van der Waals surface area contributed by atoms with Gasteiger partial charge in [-0.15, -0.1) is 11.3 Å². The van der Waals surface area contributed by atoms with Gasteiger partial charge < -0.3 is 10.4 Å². The molecule has 2 rings (SSSR count). The Morgan fingerprint density at radius 3 is 2.94 bits per heavy atom. The second kappa shape index (κ2) is 5.80. The SMILES string of the molecule is Cc1ccsc1CNCC1CCCC1CO. The van der Waals surface area contributed by atoms with Gasteiger partial charge in [0.05, 0.1) is 0 Å². The summed E-state index contributed by atoms with van der Waals surface area (Å²) in [4.78, 5) is 1.44. The van der Waals surface area contributed by atoms with E-state index in [0.717, 1.165) is 13.1 Å². The van der Waals surface area contributed by atoms with Crippen LogP contribution in [0.25, 0.3) is 0 Å². The molecular weight excluding hydrogens is 218 g/mol. The van der Waals surface area contributed by atoms with Gasteiger partial charge in [0.1, 0.15) is 0 Å². The van der Waals surface area contributed by atoms with E-state index in [4.69, 9.17) is 0 Å². The molecule has 0 spiro atoms. The average molecular weight is 239 g/mol. The van der Waals surface area contributed by atoms with Crippen molar-refractivity contribution in [2.75, 3.05) is 13.2 Å². The standard InChI is InChI=1S/C13H21NOS/c1-10-5-6-16-13(10)8-14-7-11-3-2-4-12(11)9-15/h5-6,11-12,14-15H,2-4,7-9H2,1H3. The molecule has 0 amide bonds. The van der Waals surface area contributed by atoms with Crippen LogP contribution in [-0.4, -0.2) is 18.3 Å². The highest BCUT2D eigenvalue weighted by atomic mass is 32.1. The molecule has 0 saturated heterocycles.